The molecule has 196 valence electrons. The van der Waals surface area contributed by atoms with E-state index in [9.17, 15) is 18.6 Å². The molecule has 0 saturated carbocycles. The second kappa shape index (κ2) is 10.3. The standard InChI is InChI=1S/C30H25N3O5S/c34-28(31-14-16-32(17-15-31)30(36)25-10-6-18-38-25)22-12-13-27-24(19-22)33(20-21-7-2-1-3-8-21)29(35)23-9-4-5-11-26(23)39(27)37/h1-13,18-19H,14-17,20H2. The van der Waals surface area contributed by atoms with Crippen LogP contribution in [0.4, 0.5) is 5.69 Å². The van der Waals surface area contributed by atoms with Gasteiger partial charge in [-0.15, -0.1) is 0 Å². The average molecular weight is 540 g/mol. The van der Waals surface area contributed by atoms with Gasteiger partial charge in [0, 0.05) is 31.7 Å². The first-order valence-corrected chi connectivity index (χ1v) is 13.8. The second-order valence-electron chi connectivity index (χ2n) is 9.39. The topological polar surface area (TPSA) is 91.1 Å². The van der Waals surface area contributed by atoms with Crippen LogP contribution in [0.3, 0.4) is 0 Å². The summed E-state index contributed by atoms with van der Waals surface area (Å²) in [5.41, 5.74) is 2.15. The lowest BCUT2D eigenvalue weighted by molar-refractivity contribution is 0.0518. The molecule has 1 fully saturated rings. The molecule has 3 amide bonds. The van der Waals surface area contributed by atoms with Crippen LogP contribution < -0.4 is 4.90 Å². The fraction of sp³-hybridized carbons (Fsp3) is 0.167. The summed E-state index contributed by atoms with van der Waals surface area (Å²) in [5, 5.41) is 0. The summed E-state index contributed by atoms with van der Waals surface area (Å²) < 4.78 is 18.9. The molecule has 0 bridgehead atoms. The van der Waals surface area contributed by atoms with Gasteiger partial charge in [0.05, 0.1) is 44.6 Å². The Labute approximate surface area is 227 Å². The summed E-state index contributed by atoms with van der Waals surface area (Å²) in [7, 11) is -1.60. The number of benzene rings is 3. The van der Waals surface area contributed by atoms with E-state index in [1.54, 1.807) is 69.3 Å². The molecular weight excluding hydrogens is 514 g/mol. The molecule has 0 radical (unpaired) electrons. The Morgan fingerprint density at radius 2 is 1.46 bits per heavy atom. The van der Waals surface area contributed by atoms with Gasteiger partial charge in [-0.3, -0.25) is 14.4 Å². The van der Waals surface area contributed by atoms with E-state index in [4.69, 9.17) is 4.42 Å². The molecule has 39 heavy (non-hydrogen) atoms. The summed E-state index contributed by atoms with van der Waals surface area (Å²) >= 11 is 0. The minimum absolute atomic E-state index is 0.200. The van der Waals surface area contributed by atoms with Gasteiger partial charge in [-0.25, -0.2) is 4.21 Å². The number of hydrogen-bond acceptors (Lipinski definition) is 5. The Balaban J connectivity index is 1.30. The third kappa shape index (κ3) is 4.66. The van der Waals surface area contributed by atoms with Crippen LogP contribution in [-0.2, 0) is 17.3 Å². The molecule has 3 heterocycles. The lowest BCUT2D eigenvalue weighted by atomic mass is 10.1. The third-order valence-electron chi connectivity index (χ3n) is 7.03. The summed E-state index contributed by atoms with van der Waals surface area (Å²) in [6.07, 6.45) is 1.46. The van der Waals surface area contributed by atoms with Crippen molar-refractivity contribution in [3.8, 4) is 0 Å². The van der Waals surface area contributed by atoms with Gasteiger partial charge in [0.1, 0.15) is 0 Å². The summed E-state index contributed by atoms with van der Waals surface area (Å²) in [4.78, 5) is 45.8. The zero-order chi connectivity index (χ0) is 26.9. The van der Waals surface area contributed by atoms with Crippen LogP contribution in [-0.4, -0.2) is 57.9 Å². The molecule has 1 aromatic heterocycles. The third-order valence-corrected chi connectivity index (χ3v) is 8.53. The lowest BCUT2D eigenvalue weighted by Gasteiger charge is -2.34. The Morgan fingerprint density at radius 1 is 0.769 bits per heavy atom. The highest BCUT2D eigenvalue weighted by Crippen LogP contribution is 2.36. The van der Waals surface area contributed by atoms with Crippen LogP contribution in [0.25, 0.3) is 0 Å². The first-order chi connectivity index (χ1) is 19.0. The van der Waals surface area contributed by atoms with Gasteiger partial charge in [-0.2, -0.15) is 0 Å². The summed E-state index contributed by atoms with van der Waals surface area (Å²) in [5.74, 6) is -0.398. The molecule has 9 heteroatoms. The van der Waals surface area contributed by atoms with Crippen molar-refractivity contribution < 1.29 is 23.0 Å². The van der Waals surface area contributed by atoms with E-state index in [-0.39, 0.29) is 30.0 Å². The van der Waals surface area contributed by atoms with Gasteiger partial charge in [-0.1, -0.05) is 42.5 Å². The first kappa shape index (κ1) is 24.8. The molecule has 8 nitrogen and oxygen atoms in total. The number of nitrogens with zero attached hydrogens (tertiary/aromatic N) is 3. The van der Waals surface area contributed by atoms with E-state index >= 15 is 0 Å². The summed E-state index contributed by atoms with van der Waals surface area (Å²) in [6.45, 7) is 1.77. The quantitative estimate of drug-likeness (QED) is 0.388. The van der Waals surface area contributed by atoms with E-state index in [1.807, 2.05) is 30.3 Å². The second-order valence-corrected chi connectivity index (χ2v) is 10.8. The number of carbonyl (C=O) groups is 3. The van der Waals surface area contributed by atoms with Crippen LogP contribution in [0.15, 0.2) is 105 Å². The van der Waals surface area contributed by atoms with Crippen LogP contribution in [0.5, 0.6) is 0 Å². The molecule has 2 aliphatic heterocycles. The lowest BCUT2D eigenvalue weighted by Crippen LogP contribution is -2.50. The van der Waals surface area contributed by atoms with E-state index in [2.05, 4.69) is 0 Å². The molecule has 1 unspecified atom stereocenters. The van der Waals surface area contributed by atoms with Crippen molar-refractivity contribution in [3.05, 3.63) is 114 Å². The van der Waals surface area contributed by atoms with Gasteiger partial charge >= 0.3 is 0 Å². The predicted octanol–water partition coefficient (Wildman–Crippen LogP) is 4.20. The smallest absolute Gasteiger partial charge is 0.289 e. The fourth-order valence-corrected chi connectivity index (χ4v) is 6.32. The Morgan fingerprint density at radius 3 is 2.18 bits per heavy atom. The average Bonchev–Trinajstić information content (AvgIpc) is 3.52. The Kier molecular flexibility index (Phi) is 6.58. The van der Waals surface area contributed by atoms with Crippen LogP contribution in [0, 0.1) is 0 Å². The zero-order valence-corrected chi connectivity index (χ0v) is 21.8. The number of anilines is 1. The van der Waals surface area contributed by atoms with Gasteiger partial charge < -0.3 is 19.1 Å². The van der Waals surface area contributed by atoms with Crippen molar-refractivity contribution in [2.45, 2.75) is 16.3 Å². The monoisotopic (exact) mass is 539 g/mol. The van der Waals surface area contributed by atoms with Crippen molar-refractivity contribution in [2.24, 2.45) is 0 Å². The van der Waals surface area contributed by atoms with Crippen molar-refractivity contribution >= 4 is 34.2 Å². The number of hydrogen-bond donors (Lipinski definition) is 0. The van der Waals surface area contributed by atoms with Gasteiger partial charge in [0.25, 0.3) is 17.7 Å². The largest absolute Gasteiger partial charge is 0.459 e. The fourth-order valence-electron chi connectivity index (χ4n) is 4.97. The molecule has 3 aromatic carbocycles. The highest BCUT2D eigenvalue weighted by Gasteiger charge is 2.33. The molecule has 0 spiro atoms. The van der Waals surface area contributed by atoms with E-state index in [0.717, 1.165) is 5.56 Å². The highest BCUT2D eigenvalue weighted by atomic mass is 32.2. The molecule has 2 aliphatic rings. The van der Waals surface area contributed by atoms with Crippen LogP contribution in [0.2, 0.25) is 0 Å². The number of piperazine rings is 1. The van der Waals surface area contributed by atoms with Gasteiger partial charge in [0.2, 0.25) is 0 Å². The molecule has 0 aliphatic carbocycles. The van der Waals surface area contributed by atoms with E-state index < -0.39 is 10.8 Å². The maximum absolute atomic E-state index is 13.8. The number of furan rings is 1. The molecule has 0 N–H and O–H groups in total. The highest BCUT2D eigenvalue weighted by molar-refractivity contribution is 7.85. The minimum atomic E-state index is -1.60. The predicted molar refractivity (Wildman–Crippen MR) is 145 cm³/mol. The van der Waals surface area contributed by atoms with Crippen molar-refractivity contribution in [3.63, 3.8) is 0 Å². The summed E-state index contributed by atoms with van der Waals surface area (Å²) in [6, 6.07) is 24.8. The molecule has 1 saturated heterocycles. The number of fused-ring (bicyclic) bond motifs is 2. The Hall–Kier alpha value is -4.50. The van der Waals surface area contributed by atoms with Crippen LogP contribution >= 0.6 is 0 Å². The molecule has 6 rings (SSSR count). The number of amides is 3. The maximum Gasteiger partial charge on any atom is 0.289 e. The molecule has 1 atom stereocenters. The normalized spacial score (nSPS) is 16.9. The van der Waals surface area contributed by atoms with Gasteiger partial charge in [0.15, 0.2) is 5.76 Å². The van der Waals surface area contributed by atoms with Gasteiger partial charge in [-0.05, 0) is 48.0 Å². The Bertz CT molecular complexity index is 1580. The minimum Gasteiger partial charge on any atom is -0.459 e. The zero-order valence-electron chi connectivity index (χ0n) is 21.0. The molecular formula is C30H25N3O5S. The SMILES string of the molecule is O=C(c1ccc2c(c1)N(Cc1ccccc1)C(=O)c1ccccc1S2=O)N1CCN(C(=O)c2ccco2)CC1. The van der Waals surface area contributed by atoms with Crippen molar-refractivity contribution in [2.75, 3.05) is 31.1 Å². The van der Waals surface area contributed by atoms with Crippen LogP contribution in [0.1, 0.15) is 36.8 Å². The van der Waals surface area contributed by atoms with E-state index in [0.29, 0.717) is 52.8 Å². The van der Waals surface area contributed by atoms with Crippen molar-refractivity contribution in [1.29, 1.82) is 0 Å². The molecule has 4 aromatic rings. The first-order valence-electron chi connectivity index (χ1n) is 12.6. The van der Waals surface area contributed by atoms with E-state index in [1.165, 1.54) is 6.26 Å². The number of carbonyl (C=O) groups excluding carboxylic acids is 3. The number of rotatable bonds is 4. The maximum atomic E-state index is 13.8. The van der Waals surface area contributed by atoms with Crippen molar-refractivity contribution in [1.82, 2.24) is 9.80 Å².